The van der Waals surface area contributed by atoms with E-state index in [1.807, 2.05) is 6.08 Å². The SMILES string of the molecule is C=Cc1cc(CCc2cccc(-c3cccc(CCCCC)c3C)c2C)c(Cl)cc1CC. The molecular formula is C31H37Cl. The normalized spacial score (nSPS) is 11.0. The predicted molar refractivity (Wildman–Crippen MR) is 143 cm³/mol. The summed E-state index contributed by atoms with van der Waals surface area (Å²) in [5.41, 5.74) is 12.1. The van der Waals surface area contributed by atoms with Crippen LogP contribution in [0, 0.1) is 13.8 Å². The van der Waals surface area contributed by atoms with E-state index in [1.54, 1.807) is 0 Å². The van der Waals surface area contributed by atoms with Crippen molar-refractivity contribution in [2.45, 2.75) is 72.6 Å². The van der Waals surface area contributed by atoms with Gasteiger partial charge in [0, 0.05) is 5.02 Å². The van der Waals surface area contributed by atoms with E-state index in [1.165, 1.54) is 75.8 Å². The van der Waals surface area contributed by atoms with Crippen molar-refractivity contribution in [3.8, 4) is 11.1 Å². The van der Waals surface area contributed by atoms with Gasteiger partial charge in [-0.05, 0) is 102 Å². The lowest BCUT2D eigenvalue weighted by Crippen LogP contribution is -2.00. The van der Waals surface area contributed by atoms with Gasteiger partial charge in [0.15, 0.2) is 0 Å². The molecule has 168 valence electrons. The van der Waals surface area contributed by atoms with Crippen molar-refractivity contribution in [2.24, 2.45) is 0 Å². The van der Waals surface area contributed by atoms with Gasteiger partial charge in [-0.3, -0.25) is 0 Å². The van der Waals surface area contributed by atoms with Gasteiger partial charge in [0.25, 0.3) is 0 Å². The number of unbranched alkanes of at least 4 members (excludes halogenated alkanes) is 2. The highest BCUT2D eigenvalue weighted by molar-refractivity contribution is 6.31. The maximum atomic E-state index is 6.63. The fourth-order valence-corrected chi connectivity index (χ4v) is 4.97. The minimum atomic E-state index is 0.872. The molecular weight excluding hydrogens is 408 g/mol. The molecule has 0 amide bonds. The van der Waals surface area contributed by atoms with Crippen LogP contribution in [-0.4, -0.2) is 0 Å². The molecule has 3 aromatic carbocycles. The van der Waals surface area contributed by atoms with E-state index in [9.17, 15) is 0 Å². The van der Waals surface area contributed by atoms with Crippen LogP contribution >= 0.6 is 11.6 Å². The van der Waals surface area contributed by atoms with Gasteiger partial charge in [-0.2, -0.15) is 0 Å². The van der Waals surface area contributed by atoms with Crippen LogP contribution in [0.1, 0.15) is 72.1 Å². The molecule has 0 saturated heterocycles. The molecule has 0 aromatic heterocycles. The first-order valence-corrected chi connectivity index (χ1v) is 12.5. The second kappa shape index (κ2) is 11.5. The number of halogens is 1. The molecule has 0 unspecified atom stereocenters. The maximum absolute atomic E-state index is 6.63. The Kier molecular flexibility index (Phi) is 8.76. The Labute approximate surface area is 200 Å². The van der Waals surface area contributed by atoms with E-state index >= 15 is 0 Å². The van der Waals surface area contributed by atoms with Crippen molar-refractivity contribution in [3.05, 3.63) is 99.1 Å². The summed E-state index contributed by atoms with van der Waals surface area (Å²) < 4.78 is 0. The molecule has 0 bridgehead atoms. The first-order chi connectivity index (χ1) is 15.5. The van der Waals surface area contributed by atoms with Crippen molar-refractivity contribution in [3.63, 3.8) is 0 Å². The minimum absolute atomic E-state index is 0.872. The van der Waals surface area contributed by atoms with Crippen LogP contribution in [0.3, 0.4) is 0 Å². The molecule has 3 aromatic rings. The summed E-state index contributed by atoms with van der Waals surface area (Å²) in [5.74, 6) is 0. The summed E-state index contributed by atoms with van der Waals surface area (Å²) in [6.45, 7) is 13.0. The third-order valence-electron chi connectivity index (χ3n) is 6.80. The van der Waals surface area contributed by atoms with Crippen molar-refractivity contribution in [1.82, 2.24) is 0 Å². The van der Waals surface area contributed by atoms with E-state index in [-0.39, 0.29) is 0 Å². The summed E-state index contributed by atoms with van der Waals surface area (Å²) >= 11 is 6.63. The lowest BCUT2D eigenvalue weighted by atomic mass is 9.88. The average Bonchev–Trinajstić information content (AvgIpc) is 2.80. The van der Waals surface area contributed by atoms with Gasteiger partial charge in [0.05, 0.1) is 0 Å². The molecule has 0 radical (unpaired) electrons. The van der Waals surface area contributed by atoms with Crippen LogP contribution in [0.25, 0.3) is 17.2 Å². The summed E-state index contributed by atoms with van der Waals surface area (Å²) in [5, 5.41) is 0.872. The zero-order chi connectivity index (χ0) is 23.1. The highest BCUT2D eigenvalue weighted by atomic mass is 35.5. The lowest BCUT2D eigenvalue weighted by Gasteiger charge is -2.17. The smallest absolute Gasteiger partial charge is 0.0441 e. The third-order valence-corrected chi connectivity index (χ3v) is 7.16. The third kappa shape index (κ3) is 5.54. The maximum Gasteiger partial charge on any atom is 0.0441 e. The van der Waals surface area contributed by atoms with Gasteiger partial charge >= 0.3 is 0 Å². The van der Waals surface area contributed by atoms with Gasteiger partial charge in [0.1, 0.15) is 0 Å². The Morgan fingerprint density at radius 3 is 1.91 bits per heavy atom. The van der Waals surface area contributed by atoms with Gasteiger partial charge in [0.2, 0.25) is 0 Å². The zero-order valence-electron chi connectivity index (χ0n) is 20.2. The van der Waals surface area contributed by atoms with Gasteiger partial charge < -0.3 is 0 Å². The van der Waals surface area contributed by atoms with Crippen molar-refractivity contribution < 1.29 is 0 Å². The molecule has 0 nitrogen and oxygen atoms in total. The molecule has 0 saturated carbocycles. The van der Waals surface area contributed by atoms with E-state index < -0.39 is 0 Å². The molecule has 0 spiro atoms. The van der Waals surface area contributed by atoms with Crippen molar-refractivity contribution >= 4 is 17.7 Å². The van der Waals surface area contributed by atoms with E-state index in [2.05, 4.69) is 82.8 Å². The molecule has 1 heteroatoms. The van der Waals surface area contributed by atoms with Gasteiger partial charge in [-0.1, -0.05) is 93.4 Å². The number of hydrogen-bond acceptors (Lipinski definition) is 0. The summed E-state index contributed by atoms with van der Waals surface area (Å²) in [6, 6.07) is 17.9. The average molecular weight is 445 g/mol. The minimum Gasteiger partial charge on any atom is -0.0985 e. The van der Waals surface area contributed by atoms with Crippen LogP contribution in [0.4, 0.5) is 0 Å². The summed E-state index contributed by atoms with van der Waals surface area (Å²) in [6.07, 6.45) is 9.84. The van der Waals surface area contributed by atoms with Gasteiger partial charge in [-0.25, -0.2) is 0 Å². The highest BCUT2D eigenvalue weighted by Crippen LogP contribution is 2.32. The Balaban J connectivity index is 1.86. The second-order valence-electron chi connectivity index (χ2n) is 8.84. The van der Waals surface area contributed by atoms with Crippen LogP contribution < -0.4 is 0 Å². The van der Waals surface area contributed by atoms with Crippen LogP contribution in [0.5, 0.6) is 0 Å². The molecule has 32 heavy (non-hydrogen) atoms. The summed E-state index contributed by atoms with van der Waals surface area (Å²) in [4.78, 5) is 0. The fraction of sp³-hybridized carbons (Fsp3) is 0.355. The summed E-state index contributed by atoms with van der Waals surface area (Å²) in [7, 11) is 0. The Bertz CT molecular complexity index is 1070. The number of aryl methyl sites for hydroxylation is 4. The van der Waals surface area contributed by atoms with Crippen molar-refractivity contribution in [1.29, 1.82) is 0 Å². The number of benzene rings is 3. The van der Waals surface area contributed by atoms with Crippen LogP contribution in [-0.2, 0) is 25.7 Å². The predicted octanol–water partition coefficient (Wildman–Crippen LogP) is 9.35. The molecule has 3 rings (SSSR count). The number of rotatable bonds is 10. The van der Waals surface area contributed by atoms with Crippen LogP contribution in [0.2, 0.25) is 5.02 Å². The van der Waals surface area contributed by atoms with Crippen LogP contribution in [0.15, 0.2) is 55.1 Å². The Morgan fingerprint density at radius 1 is 0.750 bits per heavy atom. The Hall–Kier alpha value is -2.31. The monoisotopic (exact) mass is 444 g/mol. The van der Waals surface area contributed by atoms with E-state index in [4.69, 9.17) is 11.6 Å². The van der Waals surface area contributed by atoms with E-state index in [0.717, 1.165) is 24.3 Å². The molecule has 0 aliphatic rings. The lowest BCUT2D eigenvalue weighted by molar-refractivity contribution is 0.715. The number of hydrogen-bond donors (Lipinski definition) is 0. The molecule has 0 atom stereocenters. The highest BCUT2D eigenvalue weighted by Gasteiger charge is 2.12. The second-order valence-corrected chi connectivity index (χ2v) is 9.24. The molecule has 0 N–H and O–H groups in total. The Morgan fingerprint density at radius 2 is 1.34 bits per heavy atom. The zero-order valence-corrected chi connectivity index (χ0v) is 21.0. The first-order valence-electron chi connectivity index (χ1n) is 12.1. The van der Waals surface area contributed by atoms with Crippen molar-refractivity contribution in [2.75, 3.05) is 0 Å². The fourth-order valence-electron chi connectivity index (χ4n) is 4.69. The van der Waals surface area contributed by atoms with E-state index in [0.29, 0.717) is 0 Å². The topological polar surface area (TPSA) is 0 Å². The first kappa shape index (κ1) is 24.3. The van der Waals surface area contributed by atoms with Gasteiger partial charge in [-0.15, -0.1) is 0 Å². The molecule has 0 aliphatic carbocycles. The largest absolute Gasteiger partial charge is 0.0985 e. The molecule has 0 heterocycles. The molecule has 0 aliphatic heterocycles. The standard InChI is InChI=1S/C31H37Cl/c1-6-9-10-13-26-14-11-16-29(22(26)4)30-17-12-15-27(23(30)5)18-19-28-20-24(7-2)25(8-3)21-31(28)32/h7,11-12,14-17,20-21H,2,6,8-10,13,18-19H2,1,3-5H3. The quantitative estimate of drug-likeness (QED) is 0.273. The molecule has 0 fully saturated rings.